The van der Waals surface area contributed by atoms with Crippen molar-refractivity contribution in [3.8, 4) is 23.0 Å². The number of benzene rings is 4. The second-order valence-corrected chi connectivity index (χ2v) is 28.6. The van der Waals surface area contributed by atoms with Gasteiger partial charge in [0, 0.05) is 138 Å². The number of esters is 1. The predicted molar refractivity (Wildman–Crippen MR) is 380 cm³/mol. The number of nitrogens with two attached hydrogens (primary N) is 2. The van der Waals surface area contributed by atoms with E-state index in [1.165, 1.54) is 24.3 Å². The molecule has 2 amide bonds. The monoisotopic (exact) mass is 1370 g/mol. The van der Waals surface area contributed by atoms with Gasteiger partial charge in [0.05, 0.1) is 42.9 Å². The molecule has 0 unspecified atom stereocenters. The van der Waals surface area contributed by atoms with Crippen molar-refractivity contribution in [1.29, 1.82) is 0 Å². The number of phenolic OH excluding ortho intramolecular Hbond substituents is 2. The first-order chi connectivity index (χ1) is 46.6. The smallest absolute Gasteiger partial charge is 0.340 e. The number of carbonyl (C=O) groups excluding carboxylic acids is 6. The number of anilines is 3. The average molecular weight is 1370 g/mol. The van der Waals surface area contributed by atoms with Crippen LogP contribution in [0, 0.1) is 0 Å². The molecule has 0 aliphatic carbocycles. The van der Waals surface area contributed by atoms with Crippen LogP contribution in [0.25, 0.3) is 0 Å². The van der Waals surface area contributed by atoms with E-state index in [1.807, 2.05) is 29.6 Å². The van der Waals surface area contributed by atoms with Crippen molar-refractivity contribution in [2.24, 2.45) is 21.5 Å². The van der Waals surface area contributed by atoms with E-state index in [2.05, 4.69) is 41.9 Å². The van der Waals surface area contributed by atoms with Crippen molar-refractivity contribution in [3.63, 3.8) is 0 Å². The number of fused-ring (bicyclic) bond motifs is 8. The third-order valence-corrected chi connectivity index (χ3v) is 21.6. The number of carbonyl (C=O) groups is 6. The SMILES string of the molecule is NC1=N[C@H]2[C@H](CS[C@H]2CCCCC(=O)CCCCCCC(=O)Nc2cc(NC(=O)CCCCCCC(=O)CCCC[C@@H]3SC[C@@H]4NC(N)=N[C@@H]43)cc(C(=O)CCCOCCOCCCCNC(=S)Nc3ccc4c(c3)C(=O)OC43c4ccc(O)cc4Oc4cc(O)ccc43)c2)N1. The van der Waals surface area contributed by atoms with E-state index in [1.54, 1.807) is 42.5 Å². The Hall–Kier alpha value is -7.45. The summed E-state index contributed by atoms with van der Waals surface area (Å²) in [6.45, 7) is 2.15. The summed E-state index contributed by atoms with van der Waals surface area (Å²) >= 11 is 9.46. The van der Waals surface area contributed by atoms with Crippen LogP contribution in [0.4, 0.5) is 17.1 Å². The van der Waals surface area contributed by atoms with E-state index in [9.17, 15) is 39.0 Å². The number of rotatable bonds is 40. The highest BCUT2D eigenvalue weighted by Crippen LogP contribution is 2.57. The van der Waals surface area contributed by atoms with Gasteiger partial charge in [-0.15, -0.1) is 0 Å². The fourth-order valence-electron chi connectivity index (χ4n) is 13.4. The second kappa shape index (κ2) is 35.2. The molecular weight excluding hydrogens is 1280 g/mol. The fourth-order valence-corrected chi connectivity index (χ4v) is 16.7. The zero-order valence-corrected chi connectivity index (χ0v) is 57.0. The van der Waals surface area contributed by atoms with Gasteiger partial charge in [0.1, 0.15) is 34.6 Å². The van der Waals surface area contributed by atoms with E-state index in [0.29, 0.717) is 174 Å². The third-order valence-electron chi connectivity index (χ3n) is 18.3. The molecule has 12 N–H and O–H groups in total. The van der Waals surface area contributed by atoms with Gasteiger partial charge in [0.15, 0.2) is 28.4 Å². The lowest BCUT2D eigenvalue weighted by Gasteiger charge is -2.36. The molecule has 10 rings (SSSR count). The fraction of sp³-hybridized carbons (Fsp3) is 0.535. The van der Waals surface area contributed by atoms with Gasteiger partial charge < -0.3 is 72.5 Å². The Morgan fingerprint density at radius 2 is 1.06 bits per heavy atom. The maximum atomic E-state index is 13.7. The molecule has 0 saturated carbocycles. The topological polar surface area (TPSA) is 329 Å². The standard InChI is InChI=1S/C71H92N10O12S3/c72-68-78-56-42-95-61(65(56)80-68)21-11-9-18-48(82)16-5-1-3-7-23-63(87)75-46-36-44(37-47(38-46)76-64(88)24-8-4-2-6-17-49(83)19-10-12-22-62-66-57(43-96-62)79-69(73)81-66)58(86)20-15-33-91-35-34-90-32-14-13-31-74-70(94)77-45-25-28-53-52(39-45)67(89)93-71(53)54-29-26-50(84)40-59(54)92-60-41-51(85)27-30-55(60)71/h25-30,36-41,56-57,61-62,65-66,84-85H,1-24,31-35,42-43H2,(H,75,87)(H,76,88)(H3,72,78,80)(H3,73,79,81)(H2,74,77,94)/t56-,57-,61-,62-,65-,66-/m0/s1. The first-order valence-electron chi connectivity index (χ1n) is 34.3. The first-order valence-corrected chi connectivity index (χ1v) is 36.8. The summed E-state index contributed by atoms with van der Waals surface area (Å²) in [7, 11) is 0. The van der Waals surface area contributed by atoms with Crippen molar-refractivity contribution in [1.82, 2.24) is 16.0 Å². The Kier molecular flexibility index (Phi) is 26.1. The second-order valence-electron chi connectivity index (χ2n) is 25.7. The predicted octanol–water partition coefficient (Wildman–Crippen LogP) is 10.8. The minimum atomic E-state index is -1.36. The number of nitrogens with one attached hydrogen (secondary N) is 6. The molecule has 2 saturated heterocycles. The van der Waals surface area contributed by atoms with Crippen molar-refractivity contribution >= 4 is 105 Å². The Bertz CT molecular complexity index is 3340. The van der Waals surface area contributed by atoms with Crippen LogP contribution in [0.15, 0.2) is 82.8 Å². The van der Waals surface area contributed by atoms with Crippen molar-refractivity contribution in [2.75, 3.05) is 60.4 Å². The number of phenols is 2. The molecule has 96 heavy (non-hydrogen) atoms. The molecule has 22 nitrogen and oxygen atoms in total. The molecule has 2 fully saturated rings. The van der Waals surface area contributed by atoms with Crippen molar-refractivity contribution in [3.05, 3.63) is 101 Å². The molecule has 0 bridgehead atoms. The first kappa shape index (κ1) is 71.3. The molecule has 4 aromatic rings. The molecule has 0 aromatic heterocycles. The van der Waals surface area contributed by atoms with Crippen LogP contribution < -0.4 is 48.1 Å². The summed E-state index contributed by atoms with van der Waals surface area (Å²) in [6, 6.07) is 20.7. The molecule has 6 atom stereocenters. The Balaban J connectivity index is 0.596. The summed E-state index contributed by atoms with van der Waals surface area (Å²) in [4.78, 5) is 88.1. The molecule has 1 spiro atoms. The molecule has 25 heteroatoms. The highest BCUT2D eigenvalue weighted by Gasteiger charge is 2.54. The lowest BCUT2D eigenvalue weighted by Crippen LogP contribution is -2.38. The minimum Gasteiger partial charge on any atom is -0.508 e. The lowest BCUT2D eigenvalue weighted by molar-refractivity contribution is -0.120. The number of unbranched alkanes of at least 4 members (excludes halogenated alkanes) is 9. The number of amides is 2. The van der Waals surface area contributed by atoms with E-state index in [0.717, 1.165) is 101 Å². The number of thiocarbonyl (C=S) groups is 1. The average Bonchev–Trinajstić information content (AvgIpc) is 1.47. The van der Waals surface area contributed by atoms with E-state index < -0.39 is 11.6 Å². The summed E-state index contributed by atoms with van der Waals surface area (Å²) in [6.07, 6.45) is 17.0. The zero-order valence-electron chi connectivity index (χ0n) is 54.6. The quantitative estimate of drug-likeness (QED) is 0.00856. The Morgan fingerprint density at radius 3 is 1.60 bits per heavy atom. The zero-order chi connectivity index (χ0) is 67.4. The number of thioether (sulfide) groups is 2. The number of hydrogen-bond donors (Lipinski definition) is 10. The maximum Gasteiger partial charge on any atom is 0.340 e. The number of aliphatic imine (C=N–C) groups is 2. The van der Waals surface area contributed by atoms with Gasteiger partial charge in [-0.25, -0.2) is 14.8 Å². The van der Waals surface area contributed by atoms with E-state index in [-0.39, 0.29) is 72.0 Å². The highest BCUT2D eigenvalue weighted by molar-refractivity contribution is 8.00. The van der Waals surface area contributed by atoms with Gasteiger partial charge >= 0.3 is 5.97 Å². The summed E-state index contributed by atoms with van der Waals surface area (Å²) < 4.78 is 23.8. The van der Waals surface area contributed by atoms with Gasteiger partial charge in [0.2, 0.25) is 11.8 Å². The van der Waals surface area contributed by atoms with Crippen molar-refractivity contribution < 1.29 is 57.9 Å². The molecule has 516 valence electrons. The minimum absolute atomic E-state index is 0.0248. The van der Waals surface area contributed by atoms with Gasteiger partial charge in [-0.3, -0.25) is 24.0 Å². The van der Waals surface area contributed by atoms with Crippen LogP contribution in [0.2, 0.25) is 0 Å². The van der Waals surface area contributed by atoms with Crippen LogP contribution in [-0.2, 0) is 39.0 Å². The van der Waals surface area contributed by atoms with Crippen LogP contribution in [0.3, 0.4) is 0 Å². The number of ether oxygens (including phenoxy) is 4. The van der Waals surface area contributed by atoms with Crippen LogP contribution in [-0.4, -0.2) is 142 Å². The number of Topliss-reactive ketones (excluding diaryl/α,β-unsaturated/α-hetero) is 3. The van der Waals surface area contributed by atoms with E-state index in [4.69, 9.17) is 42.6 Å². The molecule has 6 heterocycles. The lowest BCUT2D eigenvalue weighted by atomic mass is 9.77. The number of nitrogens with zero attached hydrogens (tertiary/aromatic N) is 2. The van der Waals surface area contributed by atoms with Gasteiger partial charge in [-0.2, -0.15) is 23.5 Å². The normalized spacial score (nSPS) is 19.7. The Labute approximate surface area is 575 Å². The van der Waals surface area contributed by atoms with Gasteiger partial charge in [-0.05, 0) is 137 Å². The third kappa shape index (κ3) is 19.6. The van der Waals surface area contributed by atoms with Gasteiger partial charge in [0.25, 0.3) is 0 Å². The van der Waals surface area contributed by atoms with Gasteiger partial charge in [-0.1, -0.05) is 44.6 Å². The van der Waals surface area contributed by atoms with Crippen molar-refractivity contribution in [2.45, 2.75) is 194 Å². The van der Waals surface area contributed by atoms with Crippen LogP contribution in [0.5, 0.6) is 23.0 Å². The number of ketones is 3. The molecule has 0 radical (unpaired) electrons. The van der Waals surface area contributed by atoms with E-state index >= 15 is 0 Å². The highest BCUT2D eigenvalue weighted by atomic mass is 32.2. The molecule has 4 aromatic carbocycles. The number of hydrogen-bond acceptors (Lipinski definition) is 21. The van der Waals surface area contributed by atoms with Crippen LogP contribution in [0.1, 0.15) is 192 Å². The maximum absolute atomic E-state index is 13.7. The summed E-state index contributed by atoms with van der Waals surface area (Å²) in [5, 5.41) is 40.5. The summed E-state index contributed by atoms with van der Waals surface area (Å²) in [5.74, 6) is 3.13. The Morgan fingerprint density at radius 1 is 0.562 bits per heavy atom. The number of guanidine groups is 2. The summed E-state index contributed by atoms with van der Waals surface area (Å²) in [5.41, 5.74) is 14.2. The molecule has 6 aliphatic rings. The largest absolute Gasteiger partial charge is 0.508 e. The molecular formula is C71H92N10O12S3. The molecule has 6 aliphatic heterocycles. The number of aromatic hydroxyl groups is 2. The van der Waals surface area contributed by atoms with Crippen LogP contribution >= 0.6 is 35.7 Å².